The topological polar surface area (TPSA) is 105 Å². The summed E-state index contributed by atoms with van der Waals surface area (Å²) < 4.78 is 13.9. The smallest absolute Gasteiger partial charge is 0.251 e. The number of nitrogens with zero attached hydrogens (tertiary/aromatic N) is 4. The zero-order valence-corrected chi connectivity index (χ0v) is 19.5. The van der Waals surface area contributed by atoms with E-state index in [9.17, 15) is 14.4 Å². The van der Waals surface area contributed by atoms with Crippen molar-refractivity contribution in [3.8, 4) is 23.3 Å². The van der Waals surface area contributed by atoms with Crippen LogP contribution in [0.4, 0.5) is 10.1 Å². The van der Waals surface area contributed by atoms with Crippen LogP contribution < -0.4 is 10.6 Å². The van der Waals surface area contributed by atoms with Gasteiger partial charge in [-0.2, -0.15) is 10.5 Å². The number of nitriles is 2. The minimum absolute atomic E-state index is 0.00422. The van der Waals surface area contributed by atoms with Crippen molar-refractivity contribution in [3.05, 3.63) is 83.6 Å². The van der Waals surface area contributed by atoms with Crippen molar-refractivity contribution in [2.75, 3.05) is 25.0 Å². The van der Waals surface area contributed by atoms with E-state index in [0.29, 0.717) is 30.9 Å². The molecule has 1 amide bonds. The summed E-state index contributed by atoms with van der Waals surface area (Å²) in [4.78, 5) is 19.0. The molecule has 1 fully saturated rings. The van der Waals surface area contributed by atoms with Gasteiger partial charge in [-0.25, -0.2) is 4.39 Å². The van der Waals surface area contributed by atoms with Gasteiger partial charge in [0, 0.05) is 54.7 Å². The van der Waals surface area contributed by atoms with Gasteiger partial charge in [-0.3, -0.25) is 9.78 Å². The number of piperidine rings is 1. The Bertz CT molecular complexity index is 1490. The lowest BCUT2D eigenvalue weighted by Gasteiger charge is -2.34. The summed E-state index contributed by atoms with van der Waals surface area (Å²) >= 11 is 0. The van der Waals surface area contributed by atoms with Gasteiger partial charge in [0.1, 0.15) is 23.7 Å². The molecular weight excluding hydrogens is 455 g/mol. The molecule has 1 aromatic heterocycles. The Balaban J connectivity index is 1.34. The largest absolute Gasteiger partial charge is 0.382 e. The van der Waals surface area contributed by atoms with E-state index in [1.807, 2.05) is 41.4 Å². The number of hydrogen-bond acceptors (Lipinski definition) is 6. The summed E-state index contributed by atoms with van der Waals surface area (Å²) in [7, 11) is 0. The second-order valence-electron chi connectivity index (χ2n) is 8.88. The van der Waals surface area contributed by atoms with E-state index in [-0.39, 0.29) is 17.5 Å². The minimum Gasteiger partial charge on any atom is -0.382 e. The Kier molecular flexibility index (Phi) is 6.34. The number of nitrogens with one attached hydrogen (secondary N) is 2. The number of benzene rings is 2. The molecule has 3 aromatic rings. The molecule has 2 aliphatic rings. The molecule has 0 bridgehead atoms. The number of aromatic nitrogens is 1. The van der Waals surface area contributed by atoms with Crippen molar-refractivity contribution in [1.82, 2.24) is 15.2 Å². The molecule has 8 heteroatoms. The number of carbonyl (C=O) groups excluding carboxylic acids is 1. The van der Waals surface area contributed by atoms with E-state index in [1.165, 1.54) is 6.07 Å². The SMILES string of the molecule is N#CC1=CC=C(C(=O)N2CCC(Nc3cc(-c4ccc(F)c(C#N)c4)cc4ccncc34)CC2)CN1. The van der Waals surface area contributed by atoms with E-state index in [1.54, 1.807) is 30.5 Å². The van der Waals surface area contributed by atoms with Gasteiger partial charge in [-0.05, 0) is 71.8 Å². The van der Waals surface area contributed by atoms with Gasteiger partial charge >= 0.3 is 0 Å². The van der Waals surface area contributed by atoms with E-state index in [2.05, 4.69) is 15.6 Å². The van der Waals surface area contributed by atoms with Gasteiger partial charge in [0.15, 0.2) is 0 Å². The summed E-state index contributed by atoms with van der Waals surface area (Å²) in [6, 6.07) is 14.6. The van der Waals surface area contributed by atoms with Crippen LogP contribution in [0.25, 0.3) is 21.9 Å². The molecule has 0 spiro atoms. The number of hydrogen-bond donors (Lipinski definition) is 2. The van der Waals surface area contributed by atoms with Gasteiger partial charge in [0.25, 0.3) is 5.91 Å². The first-order chi connectivity index (χ1) is 17.6. The third-order valence-electron chi connectivity index (χ3n) is 6.63. The van der Waals surface area contributed by atoms with E-state index < -0.39 is 5.82 Å². The van der Waals surface area contributed by atoms with Crippen LogP contribution in [0, 0.1) is 28.5 Å². The van der Waals surface area contributed by atoms with Crippen molar-refractivity contribution in [1.29, 1.82) is 10.5 Å². The molecule has 3 heterocycles. The second kappa shape index (κ2) is 9.89. The van der Waals surface area contributed by atoms with Gasteiger partial charge in [0.05, 0.1) is 5.56 Å². The summed E-state index contributed by atoms with van der Waals surface area (Å²) in [5, 5.41) is 26.7. The Labute approximate surface area is 208 Å². The molecule has 0 radical (unpaired) electrons. The number of allylic oxidation sites excluding steroid dienone is 3. The predicted molar refractivity (Wildman–Crippen MR) is 135 cm³/mol. The molecule has 36 heavy (non-hydrogen) atoms. The normalized spacial score (nSPS) is 15.8. The first-order valence-corrected chi connectivity index (χ1v) is 11.7. The highest BCUT2D eigenvalue weighted by Crippen LogP contribution is 2.32. The number of pyridine rings is 1. The number of anilines is 1. The maximum absolute atomic E-state index is 13.9. The third kappa shape index (κ3) is 4.62. The molecule has 0 saturated carbocycles. The summed E-state index contributed by atoms with van der Waals surface area (Å²) in [6.45, 7) is 1.61. The van der Waals surface area contributed by atoms with Gasteiger partial charge in [0.2, 0.25) is 0 Å². The fraction of sp³-hybridized carbons (Fsp3) is 0.214. The highest BCUT2D eigenvalue weighted by molar-refractivity contribution is 5.97. The summed E-state index contributed by atoms with van der Waals surface area (Å²) in [5.74, 6) is -0.539. The number of halogens is 1. The number of carbonyl (C=O) groups is 1. The average Bonchev–Trinajstić information content (AvgIpc) is 2.93. The maximum atomic E-state index is 13.9. The molecule has 0 unspecified atom stereocenters. The number of rotatable bonds is 4. The third-order valence-corrected chi connectivity index (χ3v) is 6.63. The fourth-order valence-electron chi connectivity index (χ4n) is 4.64. The Morgan fingerprint density at radius 1 is 1.08 bits per heavy atom. The van der Waals surface area contributed by atoms with Crippen molar-refractivity contribution in [3.63, 3.8) is 0 Å². The lowest BCUT2D eigenvalue weighted by molar-refractivity contribution is -0.128. The van der Waals surface area contributed by atoms with Crippen LogP contribution in [0.1, 0.15) is 18.4 Å². The molecule has 0 atom stereocenters. The van der Waals surface area contributed by atoms with E-state index in [0.717, 1.165) is 40.4 Å². The molecule has 5 rings (SSSR count). The maximum Gasteiger partial charge on any atom is 0.251 e. The average molecular weight is 479 g/mol. The number of likely N-dealkylation sites (tertiary alicyclic amines) is 1. The van der Waals surface area contributed by atoms with Crippen LogP contribution >= 0.6 is 0 Å². The number of amides is 1. The first kappa shape index (κ1) is 23.1. The molecule has 7 nitrogen and oxygen atoms in total. The standard InChI is InChI=1S/C28H23FN6O/c29-26-4-2-18(11-22(26)14-30)21-12-19-5-8-32-17-25(19)27(13-21)34-23-6-9-35(10-7-23)28(36)20-1-3-24(15-31)33-16-20/h1-5,8,11-13,17,23,33-34H,6-7,9-10,16H2. The Morgan fingerprint density at radius 3 is 2.64 bits per heavy atom. The van der Waals surface area contributed by atoms with Gasteiger partial charge < -0.3 is 15.5 Å². The van der Waals surface area contributed by atoms with Gasteiger partial charge in [-0.1, -0.05) is 6.07 Å². The van der Waals surface area contributed by atoms with Gasteiger partial charge in [-0.15, -0.1) is 0 Å². The predicted octanol–water partition coefficient (Wildman–Crippen LogP) is 4.25. The monoisotopic (exact) mass is 478 g/mol. The second-order valence-corrected chi connectivity index (χ2v) is 8.88. The van der Waals surface area contributed by atoms with Crippen molar-refractivity contribution >= 4 is 22.4 Å². The Hall–Kier alpha value is -4.69. The quantitative estimate of drug-likeness (QED) is 0.581. The van der Waals surface area contributed by atoms with Crippen LogP contribution in [0.2, 0.25) is 0 Å². The van der Waals surface area contributed by atoms with Crippen molar-refractivity contribution in [2.24, 2.45) is 0 Å². The van der Waals surface area contributed by atoms with Crippen LogP contribution in [0.5, 0.6) is 0 Å². The fourth-order valence-corrected chi connectivity index (χ4v) is 4.64. The molecule has 2 aromatic carbocycles. The lowest BCUT2D eigenvalue weighted by atomic mass is 9.97. The number of fused-ring (bicyclic) bond motifs is 1. The van der Waals surface area contributed by atoms with E-state index >= 15 is 0 Å². The Morgan fingerprint density at radius 2 is 1.92 bits per heavy atom. The molecule has 178 valence electrons. The van der Waals surface area contributed by atoms with Crippen LogP contribution in [-0.4, -0.2) is 41.5 Å². The van der Waals surface area contributed by atoms with Crippen molar-refractivity contribution < 1.29 is 9.18 Å². The zero-order valence-electron chi connectivity index (χ0n) is 19.5. The van der Waals surface area contributed by atoms with E-state index in [4.69, 9.17) is 5.26 Å². The van der Waals surface area contributed by atoms with Crippen LogP contribution in [0.15, 0.2) is 72.2 Å². The highest BCUT2D eigenvalue weighted by Gasteiger charge is 2.26. The van der Waals surface area contributed by atoms with Crippen LogP contribution in [0.3, 0.4) is 0 Å². The van der Waals surface area contributed by atoms with Crippen LogP contribution in [-0.2, 0) is 4.79 Å². The zero-order chi connectivity index (χ0) is 25.1. The lowest BCUT2D eigenvalue weighted by Crippen LogP contribution is -2.44. The molecular formula is C28H23FN6O. The molecule has 0 aliphatic carbocycles. The number of dihydropyridines is 1. The molecule has 1 saturated heterocycles. The minimum atomic E-state index is -0.535. The first-order valence-electron chi connectivity index (χ1n) is 11.7. The van der Waals surface area contributed by atoms with Crippen molar-refractivity contribution in [2.45, 2.75) is 18.9 Å². The summed E-state index contributed by atoms with van der Waals surface area (Å²) in [5.41, 5.74) is 3.68. The molecule has 2 aliphatic heterocycles. The highest BCUT2D eigenvalue weighted by atomic mass is 19.1. The molecule has 2 N–H and O–H groups in total. The summed E-state index contributed by atoms with van der Waals surface area (Å²) in [6.07, 6.45) is 8.48.